The van der Waals surface area contributed by atoms with Crippen molar-refractivity contribution in [1.82, 2.24) is 4.98 Å². The first-order valence-corrected chi connectivity index (χ1v) is 7.12. The second-order valence-electron chi connectivity index (χ2n) is 4.55. The summed E-state index contributed by atoms with van der Waals surface area (Å²) >= 11 is 1.63. The third-order valence-corrected chi connectivity index (χ3v) is 4.25. The van der Waals surface area contributed by atoms with Crippen LogP contribution in [0.3, 0.4) is 0 Å². The van der Waals surface area contributed by atoms with Gasteiger partial charge in [0.2, 0.25) is 6.79 Å². The summed E-state index contributed by atoms with van der Waals surface area (Å²) in [6.07, 6.45) is 0.744. The Bertz CT molecular complexity index is 582. The fraction of sp³-hybridized carbons (Fsp3) is 0.357. The third-order valence-electron chi connectivity index (χ3n) is 3.17. The number of benzene rings is 1. The van der Waals surface area contributed by atoms with E-state index in [1.54, 1.807) is 11.3 Å². The average Bonchev–Trinajstić information content (AvgIpc) is 3.07. The molecule has 1 aliphatic heterocycles. The van der Waals surface area contributed by atoms with Crippen molar-refractivity contribution in [2.45, 2.75) is 19.3 Å². The Hall–Kier alpha value is -1.59. The van der Waals surface area contributed by atoms with Crippen LogP contribution in [-0.2, 0) is 0 Å². The Morgan fingerprint density at radius 1 is 1.37 bits per heavy atom. The molecule has 0 fully saturated rings. The monoisotopic (exact) mass is 277 g/mol. The number of hydrogen-bond acceptors (Lipinski definition) is 5. The normalized spacial score (nSPS) is 14.6. The fourth-order valence-corrected chi connectivity index (χ4v) is 2.94. The molecule has 0 bridgehead atoms. The van der Waals surface area contributed by atoms with E-state index in [1.807, 2.05) is 23.6 Å². The Morgan fingerprint density at radius 3 is 3.05 bits per heavy atom. The number of thiazole rings is 1. The van der Waals surface area contributed by atoms with Gasteiger partial charge in [0, 0.05) is 23.5 Å². The number of nitrogens with zero attached hydrogens (tertiary/aromatic N) is 1. The zero-order valence-electron chi connectivity index (χ0n) is 10.6. The topological polar surface area (TPSA) is 51.6 Å². The van der Waals surface area contributed by atoms with Crippen LogP contribution in [0.1, 0.15) is 24.3 Å². The smallest absolute Gasteiger partial charge is 0.231 e. The van der Waals surface area contributed by atoms with Crippen LogP contribution in [0.15, 0.2) is 23.6 Å². The lowest BCUT2D eigenvalue weighted by Crippen LogP contribution is -1.95. The van der Waals surface area contributed by atoms with E-state index in [9.17, 15) is 0 Å². The van der Waals surface area contributed by atoms with Crippen molar-refractivity contribution >= 4 is 11.3 Å². The van der Waals surface area contributed by atoms with Crippen molar-refractivity contribution in [3.05, 3.63) is 28.6 Å². The highest BCUT2D eigenvalue weighted by Gasteiger charge is 2.16. The van der Waals surface area contributed by atoms with Gasteiger partial charge in [0.15, 0.2) is 11.5 Å². The molecule has 1 aliphatic rings. The van der Waals surface area contributed by atoms with Crippen LogP contribution in [0.2, 0.25) is 0 Å². The molecule has 1 atom stereocenters. The van der Waals surface area contributed by atoms with Gasteiger partial charge in [0.1, 0.15) is 0 Å². The van der Waals surface area contributed by atoms with E-state index >= 15 is 0 Å². The molecule has 3 rings (SSSR count). The first-order chi connectivity index (χ1) is 9.28. The number of aliphatic hydroxyl groups excluding tert-OH is 1. The van der Waals surface area contributed by atoms with Crippen LogP contribution >= 0.6 is 11.3 Å². The molecule has 1 N–H and O–H groups in total. The van der Waals surface area contributed by atoms with Crippen LogP contribution in [-0.4, -0.2) is 23.5 Å². The number of aromatic nitrogens is 1. The zero-order valence-corrected chi connectivity index (χ0v) is 11.4. The van der Waals surface area contributed by atoms with Crippen molar-refractivity contribution in [2.24, 2.45) is 0 Å². The lowest BCUT2D eigenvalue weighted by Gasteiger charge is -2.04. The molecule has 2 heterocycles. The van der Waals surface area contributed by atoms with Gasteiger partial charge in [0.25, 0.3) is 0 Å². The molecule has 2 aromatic rings. The van der Waals surface area contributed by atoms with Gasteiger partial charge in [-0.3, -0.25) is 0 Å². The molecular formula is C14H15NO3S. The van der Waals surface area contributed by atoms with E-state index in [0.717, 1.165) is 34.2 Å². The minimum atomic E-state index is 0.195. The van der Waals surface area contributed by atoms with Gasteiger partial charge in [-0.2, -0.15) is 0 Å². The summed E-state index contributed by atoms with van der Waals surface area (Å²) in [5.74, 6) is 1.85. The van der Waals surface area contributed by atoms with Crippen LogP contribution in [0.4, 0.5) is 0 Å². The van der Waals surface area contributed by atoms with Crippen LogP contribution < -0.4 is 9.47 Å². The highest BCUT2D eigenvalue weighted by atomic mass is 32.1. The van der Waals surface area contributed by atoms with E-state index in [4.69, 9.17) is 14.6 Å². The lowest BCUT2D eigenvalue weighted by atomic mass is 10.1. The first-order valence-electron chi connectivity index (χ1n) is 6.24. The van der Waals surface area contributed by atoms with Crippen molar-refractivity contribution in [3.63, 3.8) is 0 Å². The molecule has 0 saturated heterocycles. The lowest BCUT2D eigenvalue weighted by molar-refractivity contribution is 0.174. The molecule has 0 saturated carbocycles. The summed E-state index contributed by atoms with van der Waals surface area (Å²) in [4.78, 5) is 4.64. The second kappa shape index (κ2) is 5.19. The summed E-state index contributed by atoms with van der Waals surface area (Å²) in [5.41, 5.74) is 1.98. The number of rotatable bonds is 4. The van der Waals surface area contributed by atoms with Crippen molar-refractivity contribution in [2.75, 3.05) is 13.4 Å². The van der Waals surface area contributed by atoms with Gasteiger partial charge in [-0.25, -0.2) is 4.98 Å². The summed E-state index contributed by atoms with van der Waals surface area (Å²) in [6, 6.07) is 5.86. The van der Waals surface area contributed by atoms with Gasteiger partial charge in [-0.15, -0.1) is 11.3 Å². The maximum absolute atomic E-state index is 8.97. The van der Waals surface area contributed by atoms with E-state index in [0.29, 0.717) is 0 Å². The molecular weight excluding hydrogens is 262 g/mol. The number of fused-ring (bicyclic) bond motifs is 1. The van der Waals surface area contributed by atoms with Gasteiger partial charge >= 0.3 is 0 Å². The van der Waals surface area contributed by atoms with Crippen LogP contribution in [0.25, 0.3) is 11.3 Å². The number of aliphatic hydroxyl groups is 1. The number of hydrogen-bond donors (Lipinski definition) is 1. The Morgan fingerprint density at radius 2 is 2.21 bits per heavy atom. The third kappa shape index (κ3) is 2.43. The van der Waals surface area contributed by atoms with E-state index < -0.39 is 0 Å². The highest BCUT2D eigenvalue weighted by Crippen LogP contribution is 2.36. The van der Waals surface area contributed by atoms with Crippen LogP contribution in [0, 0.1) is 0 Å². The molecule has 0 aliphatic carbocycles. The fourth-order valence-electron chi connectivity index (χ4n) is 2.02. The Kier molecular flexibility index (Phi) is 3.40. The molecule has 1 aromatic heterocycles. The zero-order chi connectivity index (χ0) is 13.2. The molecule has 1 unspecified atom stereocenters. The summed E-state index contributed by atoms with van der Waals surface area (Å²) in [5, 5.41) is 12.1. The minimum Gasteiger partial charge on any atom is -0.454 e. The highest BCUT2D eigenvalue weighted by molar-refractivity contribution is 7.10. The Balaban J connectivity index is 1.86. The molecule has 19 heavy (non-hydrogen) atoms. The largest absolute Gasteiger partial charge is 0.454 e. The molecule has 0 spiro atoms. The summed E-state index contributed by atoms with van der Waals surface area (Å²) in [7, 11) is 0. The van der Waals surface area contributed by atoms with Gasteiger partial charge in [-0.05, 0) is 24.6 Å². The van der Waals surface area contributed by atoms with Gasteiger partial charge in [0.05, 0.1) is 10.7 Å². The quantitative estimate of drug-likeness (QED) is 0.933. The molecule has 0 amide bonds. The Labute approximate surface area is 115 Å². The van der Waals surface area contributed by atoms with Gasteiger partial charge in [-0.1, -0.05) is 6.92 Å². The summed E-state index contributed by atoms with van der Waals surface area (Å²) in [6.45, 7) is 2.56. The van der Waals surface area contributed by atoms with Crippen molar-refractivity contribution in [3.8, 4) is 22.8 Å². The molecule has 4 nitrogen and oxygen atoms in total. The second-order valence-corrected chi connectivity index (χ2v) is 5.44. The van der Waals surface area contributed by atoms with Gasteiger partial charge < -0.3 is 14.6 Å². The molecule has 5 heteroatoms. The van der Waals surface area contributed by atoms with Crippen LogP contribution in [0.5, 0.6) is 11.5 Å². The number of ether oxygens (including phenoxy) is 2. The average molecular weight is 277 g/mol. The molecule has 100 valence electrons. The maximum Gasteiger partial charge on any atom is 0.231 e. The predicted octanol–water partition coefficient (Wildman–Crippen LogP) is 3.02. The maximum atomic E-state index is 8.97. The van der Waals surface area contributed by atoms with Crippen molar-refractivity contribution < 1.29 is 14.6 Å². The minimum absolute atomic E-state index is 0.195. The van der Waals surface area contributed by atoms with E-state index in [1.165, 1.54) is 0 Å². The SMILES string of the molecule is CC(CCO)c1nc(-c2ccc3c(c2)OCO3)cs1. The molecule has 0 radical (unpaired) electrons. The van der Waals surface area contributed by atoms with Crippen molar-refractivity contribution in [1.29, 1.82) is 0 Å². The van der Waals surface area contributed by atoms with E-state index in [2.05, 4.69) is 11.9 Å². The molecule has 1 aromatic carbocycles. The van der Waals surface area contributed by atoms with E-state index in [-0.39, 0.29) is 19.3 Å². The standard InChI is InChI=1S/C14H15NO3S/c1-9(4-5-16)14-15-11(7-19-14)10-2-3-12-13(6-10)18-8-17-12/h2-3,6-7,9,16H,4-5,8H2,1H3. The summed E-state index contributed by atoms with van der Waals surface area (Å²) < 4.78 is 10.7. The predicted molar refractivity (Wildman–Crippen MR) is 73.8 cm³/mol. The first kappa shape index (κ1) is 12.4.